The summed E-state index contributed by atoms with van der Waals surface area (Å²) in [7, 11) is 2.18. The van der Waals surface area contributed by atoms with Crippen LogP contribution in [0.15, 0.2) is 22.8 Å². The minimum atomic E-state index is 0.871. The Labute approximate surface area is 131 Å². The van der Waals surface area contributed by atoms with Crippen LogP contribution in [-0.2, 0) is 13.0 Å². The number of hydrogen-bond acceptors (Lipinski definition) is 6. The molecule has 2 aromatic heterocycles. The molecule has 0 amide bonds. The maximum absolute atomic E-state index is 4.72. The second-order valence-electron chi connectivity index (χ2n) is 4.79. The number of aromatic nitrogens is 2. The van der Waals surface area contributed by atoms with Gasteiger partial charge in [0.25, 0.3) is 0 Å². The largest absolute Gasteiger partial charge is 0.301 e. The van der Waals surface area contributed by atoms with Crippen molar-refractivity contribution < 1.29 is 0 Å². The van der Waals surface area contributed by atoms with Gasteiger partial charge in [0.1, 0.15) is 9.86 Å². The highest BCUT2D eigenvalue weighted by atomic mass is 32.2. The quantitative estimate of drug-likeness (QED) is 0.370. The van der Waals surface area contributed by atoms with Gasteiger partial charge in [-0.2, -0.15) is 0 Å². The van der Waals surface area contributed by atoms with Crippen molar-refractivity contribution in [2.75, 3.05) is 25.6 Å². The van der Waals surface area contributed by atoms with E-state index in [-0.39, 0.29) is 0 Å². The zero-order valence-corrected chi connectivity index (χ0v) is 14.1. The Bertz CT molecular complexity index is 651. The van der Waals surface area contributed by atoms with Crippen LogP contribution >= 0.6 is 34.9 Å². The van der Waals surface area contributed by atoms with Crippen LogP contribution in [0.5, 0.6) is 0 Å². The van der Waals surface area contributed by atoms with E-state index in [1.807, 2.05) is 23.7 Å². The summed E-state index contributed by atoms with van der Waals surface area (Å²) in [5.41, 5.74) is 1.47. The molecule has 20 heavy (non-hydrogen) atoms. The number of fused-ring (bicyclic) bond motifs is 3. The Morgan fingerprint density at radius 2 is 2.30 bits per heavy atom. The lowest BCUT2D eigenvalue weighted by Gasteiger charge is -2.22. The molecule has 0 fully saturated rings. The van der Waals surface area contributed by atoms with Gasteiger partial charge in [0.15, 0.2) is 5.16 Å². The lowest BCUT2D eigenvalue weighted by molar-refractivity contribution is 0.318. The molecule has 2 aromatic rings. The molecule has 3 nitrogen and oxygen atoms in total. The van der Waals surface area contributed by atoms with Gasteiger partial charge < -0.3 is 4.90 Å². The minimum Gasteiger partial charge on any atom is -0.301 e. The summed E-state index contributed by atoms with van der Waals surface area (Å²) in [5.74, 6) is 0.893. The SMILES string of the molecule is C=CCSc1nc(SC)nc2sc3c(c12)CCN(C)C3. The van der Waals surface area contributed by atoms with Gasteiger partial charge in [-0.05, 0) is 25.3 Å². The van der Waals surface area contributed by atoms with E-state index in [0.717, 1.165) is 40.3 Å². The van der Waals surface area contributed by atoms with Crippen molar-refractivity contribution in [3.8, 4) is 0 Å². The molecule has 0 aromatic carbocycles. The average Bonchev–Trinajstić information content (AvgIpc) is 2.81. The van der Waals surface area contributed by atoms with Crippen molar-refractivity contribution in [2.45, 2.75) is 23.1 Å². The summed E-state index contributed by atoms with van der Waals surface area (Å²) < 4.78 is 0. The minimum absolute atomic E-state index is 0.871. The van der Waals surface area contributed by atoms with Gasteiger partial charge in [0, 0.05) is 29.1 Å². The van der Waals surface area contributed by atoms with Gasteiger partial charge >= 0.3 is 0 Å². The monoisotopic (exact) mass is 323 g/mol. The van der Waals surface area contributed by atoms with Crippen molar-refractivity contribution in [1.29, 1.82) is 0 Å². The average molecular weight is 324 g/mol. The Balaban J connectivity index is 2.16. The molecular formula is C14H17N3S3. The van der Waals surface area contributed by atoms with Gasteiger partial charge in [-0.25, -0.2) is 9.97 Å². The van der Waals surface area contributed by atoms with E-state index >= 15 is 0 Å². The zero-order chi connectivity index (χ0) is 14.1. The summed E-state index contributed by atoms with van der Waals surface area (Å²) >= 11 is 5.22. The number of hydrogen-bond donors (Lipinski definition) is 0. The molecule has 0 spiro atoms. The Morgan fingerprint density at radius 3 is 3.05 bits per heavy atom. The molecular weight excluding hydrogens is 306 g/mol. The first-order valence-corrected chi connectivity index (χ1v) is 9.54. The van der Waals surface area contributed by atoms with Gasteiger partial charge in [0.2, 0.25) is 0 Å². The highest BCUT2D eigenvalue weighted by Crippen LogP contribution is 2.39. The fourth-order valence-corrected chi connectivity index (χ4v) is 5.04. The molecule has 1 aliphatic heterocycles. The van der Waals surface area contributed by atoms with Crippen LogP contribution in [0.2, 0.25) is 0 Å². The molecule has 0 N–H and O–H groups in total. The number of thiophene rings is 1. The Kier molecular flexibility index (Phi) is 4.35. The fourth-order valence-electron chi connectivity index (χ4n) is 2.40. The van der Waals surface area contributed by atoms with Crippen molar-refractivity contribution in [1.82, 2.24) is 14.9 Å². The number of rotatable bonds is 4. The fraction of sp³-hybridized carbons (Fsp3) is 0.429. The number of thioether (sulfide) groups is 2. The molecule has 0 bridgehead atoms. The van der Waals surface area contributed by atoms with Crippen LogP contribution in [0.25, 0.3) is 10.2 Å². The number of nitrogens with zero attached hydrogens (tertiary/aromatic N) is 3. The molecule has 6 heteroatoms. The topological polar surface area (TPSA) is 29.0 Å². The first kappa shape index (κ1) is 14.4. The van der Waals surface area contributed by atoms with Crippen LogP contribution in [0.3, 0.4) is 0 Å². The van der Waals surface area contributed by atoms with E-state index in [9.17, 15) is 0 Å². The summed E-state index contributed by atoms with van der Waals surface area (Å²) in [5, 5.41) is 3.29. The Hall–Kier alpha value is -0.560. The van der Waals surface area contributed by atoms with Crippen LogP contribution in [-0.4, -0.2) is 40.5 Å². The standard InChI is InChI=1S/C14H17N3S3/c1-4-7-19-12-11-9-5-6-17(2)8-10(9)20-13(11)16-14(15-12)18-3/h4H,1,5-8H2,2-3H3. The third kappa shape index (κ3) is 2.62. The molecule has 0 saturated carbocycles. The molecule has 0 unspecified atom stereocenters. The predicted octanol–water partition coefficient (Wildman–Crippen LogP) is 3.68. The van der Waals surface area contributed by atoms with Crippen molar-refractivity contribution in [2.24, 2.45) is 0 Å². The summed E-state index contributed by atoms with van der Waals surface area (Å²) in [4.78, 5) is 14.4. The van der Waals surface area contributed by atoms with Crippen LogP contribution in [0, 0.1) is 0 Å². The first-order valence-electron chi connectivity index (χ1n) is 6.51. The second kappa shape index (κ2) is 6.05. The van der Waals surface area contributed by atoms with Crippen LogP contribution < -0.4 is 0 Å². The van der Waals surface area contributed by atoms with Gasteiger partial charge in [-0.15, -0.1) is 29.7 Å². The molecule has 0 aliphatic carbocycles. The summed E-state index contributed by atoms with van der Waals surface area (Å²) in [6.07, 6.45) is 5.07. The van der Waals surface area contributed by atoms with E-state index in [0.29, 0.717) is 0 Å². The van der Waals surface area contributed by atoms with Crippen molar-refractivity contribution in [3.05, 3.63) is 23.1 Å². The van der Waals surface area contributed by atoms with Crippen molar-refractivity contribution >= 4 is 45.1 Å². The maximum atomic E-state index is 4.72. The summed E-state index contributed by atoms with van der Waals surface area (Å²) in [6.45, 7) is 5.97. The normalized spacial score (nSPS) is 15.5. The molecule has 0 saturated heterocycles. The maximum Gasteiger partial charge on any atom is 0.189 e. The molecule has 0 radical (unpaired) electrons. The molecule has 0 atom stereocenters. The lowest BCUT2D eigenvalue weighted by atomic mass is 10.1. The Morgan fingerprint density at radius 1 is 1.45 bits per heavy atom. The van der Waals surface area contributed by atoms with E-state index in [1.165, 1.54) is 15.8 Å². The lowest BCUT2D eigenvalue weighted by Crippen LogP contribution is -2.25. The molecule has 3 rings (SSSR count). The second-order valence-corrected chi connectivity index (χ2v) is 7.65. The molecule has 3 heterocycles. The van der Waals surface area contributed by atoms with E-state index < -0.39 is 0 Å². The first-order chi connectivity index (χ1) is 9.72. The smallest absolute Gasteiger partial charge is 0.189 e. The van der Waals surface area contributed by atoms with E-state index in [4.69, 9.17) is 9.97 Å². The van der Waals surface area contributed by atoms with Crippen molar-refractivity contribution in [3.63, 3.8) is 0 Å². The predicted molar refractivity (Wildman–Crippen MR) is 90.2 cm³/mol. The highest BCUT2D eigenvalue weighted by Gasteiger charge is 2.22. The van der Waals surface area contributed by atoms with E-state index in [2.05, 4.69) is 18.5 Å². The van der Waals surface area contributed by atoms with Gasteiger partial charge in [0.05, 0.1) is 0 Å². The van der Waals surface area contributed by atoms with Gasteiger partial charge in [-0.3, -0.25) is 0 Å². The number of likely N-dealkylation sites (N-methyl/N-ethyl adjacent to an activating group) is 1. The van der Waals surface area contributed by atoms with Gasteiger partial charge in [-0.1, -0.05) is 17.8 Å². The third-order valence-corrected chi connectivity index (χ3v) is 5.99. The zero-order valence-electron chi connectivity index (χ0n) is 11.7. The summed E-state index contributed by atoms with van der Waals surface area (Å²) in [6, 6.07) is 0. The third-order valence-electron chi connectivity index (χ3n) is 3.36. The molecule has 106 valence electrons. The van der Waals surface area contributed by atoms with Crippen LogP contribution in [0.4, 0.5) is 0 Å². The van der Waals surface area contributed by atoms with Crippen LogP contribution in [0.1, 0.15) is 10.4 Å². The molecule has 1 aliphatic rings. The highest BCUT2D eigenvalue weighted by molar-refractivity contribution is 7.99. The van der Waals surface area contributed by atoms with E-state index in [1.54, 1.807) is 23.5 Å².